The lowest BCUT2D eigenvalue weighted by Gasteiger charge is -2.12. The maximum Gasteiger partial charge on any atom is 0.231 e. The molecule has 2 aromatic rings. The van der Waals surface area contributed by atoms with E-state index in [1.807, 2.05) is 42.5 Å². The quantitative estimate of drug-likeness (QED) is 0.581. The maximum absolute atomic E-state index is 5.63. The summed E-state index contributed by atoms with van der Waals surface area (Å²) in [6, 6.07) is 13.3. The fourth-order valence-corrected chi connectivity index (χ4v) is 2.48. The Labute approximate surface area is 152 Å². The van der Waals surface area contributed by atoms with E-state index >= 15 is 0 Å². The molecule has 1 aliphatic heterocycles. The van der Waals surface area contributed by atoms with Crippen molar-refractivity contribution in [2.24, 2.45) is 0 Å². The SMILES string of the molecule is COc1ccc(OCCNC(=S)NCc2ccc3c(c2)OCO3)cc1. The van der Waals surface area contributed by atoms with Crippen LogP contribution in [0.4, 0.5) is 0 Å². The zero-order valence-electron chi connectivity index (χ0n) is 13.9. The second kappa shape index (κ2) is 8.43. The van der Waals surface area contributed by atoms with Crippen LogP contribution in [0.2, 0.25) is 0 Å². The van der Waals surface area contributed by atoms with E-state index < -0.39 is 0 Å². The van der Waals surface area contributed by atoms with Crippen molar-refractivity contribution >= 4 is 17.3 Å². The minimum absolute atomic E-state index is 0.278. The summed E-state index contributed by atoms with van der Waals surface area (Å²) in [5.41, 5.74) is 1.07. The fraction of sp³-hybridized carbons (Fsp3) is 0.278. The van der Waals surface area contributed by atoms with Crippen LogP contribution in [-0.4, -0.2) is 32.2 Å². The van der Waals surface area contributed by atoms with Crippen LogP contribution in [-0.2, 0) is 6.54 Å². The number of ether oxygens (including phenoxy) is 4. The van der Waals surface area contributed by atoms with E-state index in [0.717, 1.165) is 28.6 Å². The topological polar surface area (TPSA) is 61.0 Å². The fourth-order valence-electron chi connectivity index (χ4n) is 2.30. The smallest absolute Gasteiger partial charge is 0.231 e. The highest BCUT2D eigenvalue weighted by molar-refractivity contribution is 7.80. The molecule has 2 N–H and O–H groups in total. The molecule has 25 heavy (non-hydrogen) atoms. The Kier molecular flexibility index (Phi) is 5.79. The molecule has 1 heterocycles. The number of methoxy groups -OCH3 is 1. The van der Waals surface area contributed by atoms with Gasteiger partial charge in [0.15, 0.2) is 16.6 Å². The first-order chi connectivity index (χ1) is 12.2. The van der Waals surface area contributed by atoms with Gasteiger partial charge in [0.25, 0.3) is 0 Å². The molecule has 2 aromatic carbocycles. The molecule has 0 fully saturated rings. The standard InChI is InChI=1S/C18H20N2O4S/c1-21-14-3-5-15(6-4-14)22-9-8-19-18(25)20-11-13-2-7-16-17(10-13)24-12-23-16/h2-7,10H,8-9,11-12H2,1H3,(H2,19,20,25). The number of fused-ring (bicyclic) bond motifs is 1. The van der Waals surface area contributed by atoms with Crippen LogP contribution in [0.3, 0.4) is 0 Å². The highest BCUT2D eigenvalue weighted by atomic mass is 32.1. The Balaban J connectivity index is 1.34. The summed E-state index contributed by atoms with van der Waals surface area (Å²) in [6.07, 6.45) is 0. The highest BCUT2D eigenvalue weighted by Crippen LogP contribution is 2.32. The van der Waals surface area contributed by atoms with Gasteiger partial charge < -0.3 is 29.6 Å². The Bertz CT molecular complexity index is 722. The molecular weight excluding hydrogens is 340 g/mol. The lowest BCUT2D eigenvalue weighted by molar-refractivity contribution is 0.174. The lowest BCUT2D eigenvalue weighted by Crippen LogP contribution is -2.37. The van der Waals surface area contributed by atoms with E-state index in [1.165, 1.54) is 0 Å². The van der Waals surface area contributed by atoms with Crippen molar-refractivity contribution < 1.29 is 18.9 Å². The van der Waals surface area contributed by atoms with Gasteiger partial charge in [-0.2, -0.15) is 0 Å². The maximum atomic E-state index is 5.63. The van der Waals surface area contributed by atoms with E-state index in [4.69, 9.17) is 31.2 Å². The molecule has 0 saturated carbocycles. The summed E-state index contributed by atoms with van der Waals surface area (Å²) in [4.78, 5) is 0. The average Bonchev–Trinajstić information content (AvgIpc) is 3.12. The van der Waals surface area contributed by atoms with Crippen LogP contribution < -0.4 is 29.6 Å². The average molecular weight is 360 g/mol. The van der Waals surface area contributed by atoms with E-state index in [1.54, 1.807) is 7.11 Å². The molecule has 132 valence electrons. The molecule has 7 heteroatoms. The summed E-state index contributed by atoms with van der Waals surface area (Å²) in [5, 5.41) is 6.85. The second-order valence-corrected chi connectivity index (χ2v) is 5.73. The van der Waals surface area contributed by atoms with Crippen LogP contribution in [0.1, 0.15) is 5.56 Å². The molecule has 0 bridgehead atoms. The number of thiocarbonyl (C=S) groups is 1. The zero-order valence-corrected chi connectivity index (χ0v) is 14.7. The van der Waals surface area contributed by atoms with Gasteiger partial charge in [-0.15, -0.1) is 0 Å². The number of benzene rings is 2. The molecule has 0 spiro atoms. The molecule has 3 rings (SSSR count). The first kappa shape index (κ1) is 17.2. The third-order valence-corrected chi connectivity index (χ3v) is 3.89. The zero-order chi connectivity index (χ0) is 17.5. The van der Waals surface area contributed by atoms with Crippen molar-refractivity contribution in [1.29, 1.82) is 0 Å². The molecule has 0 unspecified atom stereocenters. The predicted octanol–water partition coefficient (Wildman–Crippen LogP) is 2.47. The molecule has 0 radical (unpaired) electrons. The molecule has 0 amide bonds. The molecule has 0 atom stereocenters. The molecule has 6 nitrogen and oxygen atoms in total. The molecule has 0 aromatic heterocycles. The van der Waals surface area contributed by atoms with E-state index in [9.17, 15) is 0 Å². The largest absolute Gasteiger partial charge is 0.497 e. The third kappa shape index (κ3) is 4.90. The normalized spacial score (nSPS) is 11.7. The minimum atomic E-state index is 0.278. The Morgan fingerprint density at radius 3 is 2.60 bits per heavy atom. The minimum Gasteiger partial charge on any atom is -0.497 e. The van der Waals surface area contributed by atoms with Gasteiger partial charge in [0, 0.05) is 6.54 Å². The van der Waals surface area contributed by atoms with E-state index in [0.29, 0.717) is 24.8 Å². The molecule has 1 aliphatic rings. The van der Waals surface area contributed by atoms with Crippen LogP contribution in [0, 0.1) is 0 Å². The van der Waals surface area contributed by atoms with Gasteiger partial charge in [-0.1, -0.05) is 6.07 Å². The number of rotatable bonds is 7. The molecule has 0 saturated heterocycles. The number of hydrogen-bond donors (Lipinski definition) is 2. The van der Waals surface area contributed by atoms with Crippen molar-refractivity contribution in [3.05, 3.63) is 48.0 Å². The molecular formula is C18H20N2O4S. The summed E-state index contributed by atoms with van der Waals surface area (Å²) >= 11 is 5.27. The third-order valence-electron chi connectivity index (χ3n) is 3.61. The summed E-state index contributed by atoms with van der Waals surface area (Å²) in [7, 11) is 1.64. The van der Waals surface area contributed by atoms with Gasteiger partial charge in [0.1, 0.15) is 18.1 Å². The Morgan fingerprint density at radius 1 is 1.04 bits per heavy atom. The highest BCUT2D eigenvalue weighted by Gasteiger charge is 2.12. The van der Waals surface area contributed by atoms with Crippen molar-refractivity contribution in [3.8, 4) is 23.0 Å². The predicted molar refractivity (Wildman–Crippen MR) is 98.5 cm³/mol. The van der Waals surface area contributed by atoms with Crippen LogP contribution in [0.5, 0.6) is 23.0 Å². The summed E-state index contributed by atoms with van der Waals surface area (Å²) in [6.45, 7) is 2.01. The van der Waals surface area contributed by atoms with Gasteiger partial charge in [0.2, 0.25) is 6.79 Å². The van der Waals surface area contributed by atoms with Crippen molar-refractivity contribution in [3.63, 3.8) is 0 Å². The van der Waals surface area contributed by atoms with Crippen molar-refractivity contribution in [2.45, 2.75) is 6.54 Å². The van der Waals surface area contributed by atoms with Crippen molar-refractivity contribution in [1.82, 2.24) is 10.6 Å². The van der Waals surface area contributed by atoms with Crippen LogP contribution in [0.15, 0.2) is 42.5 Å². The Morgan fingerprint density at radius 2 is 1.80 bits per heavy atom. The second-order valence-electron chi connectivity index (χ2n) is 5.32. The van der Waals surface area contributed by atoms with Crippen molar-refractivity contribution in [2.75, 3.05) is 27.1 Å². The van der Waals surface area contributed by atoms with Gasteiger partial charge in [-0.05, 0) is 54.2 Å². The number of nitrogens with one attached hydrogen (secondary N) is 2. The lowest BCUT2D eigenvalue weighted by atomic mass is 10.2. The first-order valence-electron chi connectivity index (χ1n) is 7.91. The van der Waals surface area contributed by atoms with Gasteiger partial charge >= 0.3 is 0 Å². The van der Waals surface area contributed by atoms with Gasteiger partial charge in [0.05, 0.1) is 13.7 Å². The molecule has 0 aliphatic carbocycles. The summed E-state index contributed by atoms with van der Waals surface area (Å²) in [5.74, 6) is 3.15. The monoisotopic (exact) mass is 360 g/mol. The summed E-state index contributed by atoms with van der Waals surface area (Å²) < 4.78 is 21.4. The van der Waals surface area contributed by atoms with Gasteiger partial charge in [-0.25, -0.2) is 0 Å². The van der Waals surface area contributed by atoms with Crippen LogP contribution in [0.25, 0.3) is 0 Å². The van der Waals surface area contributed by atoms with Crippen LogP contribution >= 0.6 is 12.2 Å². The van der Waals surface area contributed by atoms with E-state index in [-0.39, 0.29) is 6.79 Å². The first-order valence-corrected chi connectivity index (χ1v) is 8.32. The Hall–Kier alpha value is -2.67. The number of hydrogen-bond acceptors (Lipinski definition) is 5. The van der Waals surface area contributed by atoms with Gasteiger partial charge in [-0.3, -0.25) is 0 Å². The van der Waals surface area contributed by atoms with E-state index in [2.05, 4.69) is 10.6 Å².